The van der Waals surface area contributed by atoms with Crippen LogP contribution in [0.4, 0.5) is 0 Å². The van der Waals surface area contributed by atoms with Gasteiger partial charge in [-0.25, -0.2) is 0 Å². The second-order valence-corrected chi connectivity index (χ2v) is 4.38. The Balaban J connectivity index is 2.38. The molecule has 60 valence electrons. The minimum Gasteiger partial charge on any atom is -0.305 e. The standard InChI is InChI=1S/C8H17NS/c1-7-4-5-9(2)6-8(7)10-3/h7-8H,4-6H2,1-3H3. The molecule has 0 aromatic heterocycles. The van der Waals surface area contributed by atoms with Gasteiger partial charge in [0.2, 0.25) is 0 Å². The molecule has 1 saturated heterocycles. The highest BCUT2D eigenvalue weighted by molar-refractivity contribution is 7.99. The average Bonchev–Trinajstić information content (AvgIpc) is 1.94. The molecule has 1 nitrogen and oxygen atoms in total. The molecule has 0 N–H and O–H groups in total. The van der Waals surface area contributed by atoms with Crippen LogP contribution in [0.5, 0.6) is 0 Å². The van der Waals surface area contributed by atoms with Gasteiger partial charge >= 0.3 is 0 Å². The lowest BCUT2D eigenvalue weighted by molar-refractivity contribution is 0.238. The summed E-state index contributed by atoms with van der Waals surface area (Å²) in [5.41, 5.74) is 0. The summed E-state index contributed by atoms with van der Waals surface area (Å²) in [6, 6.07) is 0. The predicted molar refractivity (Wildman–Crippen MR) is 48.6 cm³/mol. The van der Waals surface area contributed by atoms with Gasteiger partial charge in [-0.1, -0.05) is 6.92 Å². The molecular weight excluding hydrogens is 142 g/mol. The fourth-order valence-corrected chi connectivity index (χ4v) is 2.50. The number of nitrogens with zero attached hydrogens (tertiary/aromatic N) is 1. The first-order valence-corrected chi connectivity index (χ1v) is 5.24. The molecule has 2 atom stereocenters. The monoisotopic (exact) mass is 159 g/mol. The van der Waals surface area contributed by atoms with Gasteiger partial charge in [0, 0.05) is 11.8 Å². The smallest absolute Gasteiger partial charge is 0.0198 e. The summed E-state index contributed by atoms with van der Waals surface area (Å²) < 4.78 is 0. The third-order valence-corrected chi connectivity index (χ3v) is 3.61. The van der Waals surface area contributed by atoms with Gasteiger partial charge in [-0.2, -0.15) is 11.8 Å². The van der Waals surface area contributed by atoms with E-state index in [4.69, 9.17) is 0 Å². The summed E-state index contributed by atoms with van der Waals surface area (Å²) in [7, 11) is 2.22. The van der Waals surface area contributed by atoms with E-state index in [9.17, 15) is 0 Å². The normalized spacial score (nSPS) is 36.3. The average molecular weight is 159 g/mol. The first-order valence-electron chi connectivity index (χ1n) is 3.95. The van der Waals surface area contributed by atoms with E-state index in [0.29, 0.717) is 0 Å². The molecule has 1 aliphatic heterocycles. The summed E-state index contributed by atoms with van der Waals surface area (Å²) in [6.45, 7) is 4.94. The van der Waals surface area contributed by atoms with Crippen LogP contribution in [0.15, 0.2) is 0 Å². The zero-order valence-electron chi connectivity index (χ0n) is 7.13. The second-order valence-electron chi connectivity index (χ2n) is 3.30. The molecule has 0 bridgehead atoms. The van der Waals surface area contributed by atoms with Crippen molar-refractivity contribution in [2.75, 3.05) is 26.4 Å². The van der Waals surface area contributed by atoms with Gasteiger partial charge in [0.25, 0.3) is 0 Å². The highest BCUT2D eigenvalue weighted by atomic mass is 32.2. The lowest BCUT2D eigenvalue weighted by Crippen LogP contribution is -2.38. The Morgan fingerprint density at radius 3 is 2.70 bits per heavy atom. The fraction of sp³-hybridized carbons (Fsp3) is 1.00. The summed E-state index contributed by atoms with van der Waals surface area (Å²) in [5.74, 6) is 0.922. The largest absolute Gasteiger partial charge is 0.305 e. The van der Waals surface area contributed by atoms with E-state index >= 15 is 0 Å². The molecule has 0 amide bonds. The molecule has 0 spiro atoms. The third-order valence-electron chi connectivity index (χ3n) is 2.40. The van der Waals surface area contributed by atoms with Gasteiger partial charge in [0.1, 0.15) is 0 Å². The highest BCUT2D eigenvalue weighted by Crippen LogP contribution is 2.24. The molecular formula is C8H17NS. The van der Waals surface area contributed by atoms with E-state index in [0.717, 1.165) is 11.2 Å². The Kier molecular flexibility index (Phi) is 3.05. The molecule has 1 fully saturated rings. The molecule has 1 aliphatic rings. The van der Waals surface area contributed by atoms with Crippen molar-refractivity contribution in [3.63, 3.8) is 0 Å². The maximum Gasteiger partial charge on any atom is 0.0198 e. The Bertz CT molecular complexity index is 105. The van der Waals surface area contributed by atoms with Crippen molar-refractivity contribution in [2.24, 2.45) is 5.92 Å². The van der Waals surface area contributed by atoms with Crippen LogP contribution in [0.2, 0.25) is 0 Å². The molecule has 1 rings (SSSR count). The van der Waals surface area contributed by atoms with Crippen LogP contribution in [0.25, 0.3) is 0 Å². The van der Waals surface area contributed by atoms with E-state index in [1.807, 2.05) is 11.8 Å². The number of thioether (sulfide) groups is 1. The Hall–Kier alpha value is 0.310. The molecule has 0 aromatic rings. The zero-order chi connectivity index (χ0) is 7.56. The van der Waals surface area contributed by atoms with Crippen molar-refractivity contribution in [1.82, 2.24) is 4.90 Å². The minimum atomic E-state index is 0.874. The van der Waals surface area contributed by atoms with E-state index in [-0.39, 0.29) is 0 Å². The van der Waals surface area contributed by atoms with Crippen LogP contribution < -0.4 is 0 Å². The number of hydrogen-bond donors (Lipinski definition) is 0. The number of rotatable bonds is 1. The van der Waals surface area contributed by atoms with E-state index in [2.05, 4.69) is 25.1 Å². The first-order chi connectivity index (χ1) is 4.74. The zero-order valence-corrected chi connectivity index (χ0v) is 7.95. The topological polar surface area (TPSA) is 3.24 Å². The molecule has 0 saturated carbocycles. The SMILES string of the molecule is CSC1CN(C)CCC1C. The Labute approximate surface area is 68.2 Å². The van der Waals surface area contributed by atoms with Crippen LogP contribution in [-0.4, -0.2) is 36.5 Å². The molecule has 1 heterocycles. The maximum atomic E-state index is 2.43. The molecule has 10 heavy (non-hydrogen) atoms. The van der Waals surface area contributed by atoms with Gasteiger partial charge in [-0.15, -0.1) is 0 Å². The Morgan fingerprint density at radius 1 is 1.50 bits per heavy atom. The van der Waals surface area contributed by atoms with Crippen molar-refractivity contribution >= 4 is 11.8 Å². The Morgan fingerprint density at radius 2 is 2.20 bits per heavy atom. The molecule has 2 unspecified atom stereocenters. The minimum absolute atomic E-state index is 0.874. The van der Waals surface area contributed by atoms with Crippen LogP contribution in [0.3, 0.4) is 0 Å². The van der Waals surface area contributed by atoms with Gasteiger partial charge in [-0.05, 0) is 32.2 Å². The number of hydrogen-bond acceptors (Lipinski definition) is 2. The van der Waals surface area contributed by atoms with Gasteiger partial charge in [0.05, 0.1) is 0 Å². The van der Waals surface area contributed by atoms with Gasteiger partial charge in [-0.3, -0.25) is 0 Å². The van der Waals surface area contributed by atoms with Gasteiger partial charge < -0.3 is 4.90 Å². The van der Waals surface area contributed by atoms with Crippen molar-refractivity contribution in [3.8, 4) is 0 Å². The molecule has 0 radical (unpaired) electrons. The quantitative estimate of drug-likeness (QED) is 0.573. The third kappa shape index (κ3) is 1.89. The summed E-state index contributed by atoms with van der Waals surface area (Å²) >= 11 is 2.02. The van der Waals surface area contributed by atoms with Crippen LogP contribution in [-0.2, 0) is 0 Å². The van der Waals surface area contributed by atoms with Crippen molar-refractivity contribution in [2.45, 2.75) is 18.6 Å². The van der Waals surface area contributed by atoms with Crippen molar-refractivity contribution < 1.29 is 0 Å². The molecule has 0 aliphatic carbocycles. The lowest BCUT2D eigenvalue weighted by atomic mass is 9.99. The fourth-order valence-electron chi connectivity index (χ4n) is 1.50. The second kappa shape index (κ2) is 3.63. The predicted octanol–water partition coefficient (Wildman–Crippen LogP) is 1.69. The van der Waals surface area contributed by atoms with Crippen molar-refractivity contribution in [1.29, 1.82) is 0 Å². The van der Waals surface area contributed by atoms with Crippen molar-refractivity contribution in [3.05, 3.63) is 0 Å². The highest BCUT2D eigenvalue weighted by Gasteiger charge is 2.22. The van der Waals surface area contributed by atoms with E-state index < -0.39 is 0 Å². The van der Waals surface area contributed by atoms with Crippen LogP contribution >= 0.6 is 11.8 Å². The molecule has 2 heteroatoms. The number of piperidine rings is 1. The summed E-state index contributed by atoms with van der Waals surface area (Å²) in [4.78, 5) is 2.43. The van der Waals surface area contributed by atoms with Crippen LogP contribution in [0, 0.1) is 5.92 Å². The van der Waals surface area contributed by atoms with E-state index in [1.54, 1.807) is 0 Å². The van der Waals surface area contributed by atoms with E-state index in [1.165, 1.54) is 19.5 Å². The van der Waals surface area contributed by atoms with Gasteiger partial charge in [0.15, 0.2) is 0 Å². The molecule has 0 aromatic carbocycles. The summed E-state index contributed by atoms with van der Waals surface area (Å²) in [5, 5.41) is 0.874. The first kappa shape index (κ1) is 8.41. The summed E-state index contributed by atoms with van der Waals surface area (Å²) in [6.07, 6.45) is 3.60. The number of likely N-dealkylation sites (tertiary alicyclic amines) is 1. The lowest BCUT2D eigenvalue weighted by Gasteiger charge is -2.33. The maximum absolute atomic E-state index is 2.43. The van der Waals surface area contributed by atoms with Crippen LogP contribution in [0.1, 0.15) is 13.3 Å².